The van der Waals surface area contributed by atoms with Gasteiger partial charge in [0.15, 0.2) is 0 Å². The van der Waals surface area contributed by atoms with Crippen LogP contribution in [0, 0.1) is 0 Å². The van der Waals surface area contributed by atoms with Crippen LogP contribution < -0.4 is 5.32 Å². The van der Waals surface area contributed by atoms with Crippen LogP contribution in [0.15, 0.2) is 48.5 Å². The second-order valence-corrected chi connectivity index (χ2v) is 6.10. The number of hydrogen-bond donors (Lipinski definition) is 1. The second-order valence-electron chi connectivity index (χ2n) is 5.26. The van der Waals surface area contributed by atoms with E-state index in [2.05, 4.69) is 30.4 Å². The summed E-state index contributed by atoms with van der Waals surface area (Å²) in [6.45, 7) is 1.64. The van der Waals surface area contributed by atoms with Gasteiger partial charge in [-0.3, -0.25) is 0 Å². The Morgan fingerprint density at radius 3 is 2.29 bits per heavy atom. The van der Waals surface area contributed by atoms with Crippen LogP contribution in [-0.4, -0.2) is 25.5 Å². The van der Waals surface area contributed by atoms with Crippen LogP contribution in [0.5, 0.6) is 0 Å². The molecule has 2 rings (SSSR count). The highest BCUT2D eigenvalue weighted by Gasteiger charge is 2.16. The molecule has 1 N–H and O–H groups in total. The van der Waals surface area contributed by atoms with Gasteiger partial charge in [-0.15, -0.1) is 0 Å². The zero-order valence-corrected chi connectivity index (χ0v) is 13.8. The van der Waals surface area contributed by atoms with Crippen LogP contribution in [0.3, 0.4) is 0 Å². The van der Waals surface area contributed by atoms with Gasteiger partial charge >= 0.3 is 0 Å². The molecule has 0 aromatic heterocycles. The Kier molecular flexibility index (Phi) is 6.07. The van der Waals surface area contributed by atoms with Gasteiger partial charge in [-0.2, -0.15) is 0 Å². The Balaban J connectivity index is 1.98. The topological polar surface area (TPSA) is 15.3 Å². The molecule has 2 nitrogen and oxygen atoms in total. The van der Waals surface area contributed by atoms with E-state index in [1.54, 1.807) is 0 Å². The maximum Gasteiger partial charge on any atom is 0.0481 e. The summed E-state index contributed by atoms with van der Waals surface area (Å²) in [5.74, 6) is 0. The van der Waals surface area contributed by atoms with Crippen molar-refractivity contribution in [1.82, 2.24) is 10.2 Å². The molecular formula is C17H20Cl2N2. The van der Waals surface area contributed by atoms with E-state index in [4.69, 9.17) is 23.2 Å². The normalized spacial score (nSPS) is 12.6. The molecule has 0 spiro atoms. The van der Waals surface area contributed by atoms with E-state index in [1.807, 2.05) is 42.5 Å². The highest BCUT2D eigenvalue weighted by atomic mass is 35.5. The van der Waals surface area contributed by atoms with Crippen LogP contribution in [-0.2, 0) is 6.54 Å². The summed E-state index contributed by atoms with van der Waals surface area (Å²) in [6.07, 6.45) is 0. The van der Waals surface area contributed by atoms with Crippen LogP contribution in [0.4, 0.5) is 0 Å². The first-order valence-corrected chi connectivity index (χ1v) is 7.69. The SMILES string of the molecule is CN(C)C(CNCc1ccc(Cl)cc1)c1ccccc1Cl. The number of likely N-dealkylation sites (N-methyl/N-ethyl adjacent to an activating group) is 1. The van der Waals surface area contributed by atoms with Crippen LogP contribution >= 0.6 is 23.2 Å². The van der Waals surface area contributed by atoms with Crippen molar-refractivity contribution in [2.45, 2.75) is 12.6 Å². The largest absolute Gasteiger partial charge is 0.311 e. The monoisotopic (exact) mass is 322 g/mol. The van der Waals surface area contributed by atoms with Gasteiger partial charge in [-0.05, 0) is 43.4 Å². The molecule has 0 fully saturated rings. The fourth-order valence-corrected chi connectivity index (χ4v) is 2.66. The van der Waals surface area contributed by atoms with Crippen molar-refractivity contribution < 1.29 is 0 Å². The average molecular weight is 323 g/mol. The van der Waals surface area contributed by atoms with E-state index in [9.17, 15) is 0 Å². The molecule has 4 heteroatoms. The van der Waals surface area contributed by atoms with Crippen LogP contribution in [0.1, 0.15) is 17.2 Å². The molecule has 1 atom stereocenters. The van der Waals surface area contributed by atoms with Gasteiger partial charge in [0.1, 0.15) is 0 Å². The lowest BCUT2D eigenvalue weighted by molar-refractivity contribution is 0.288. The van der Waals surface area contributed by atoms with E-state index in [-0.39, 0.29) is 6.04 Å². The van der Waals surface area contributed by atoms with Gasteiger partial charge in [-0.25, -0.2) is 0 Å². The van der Waals surface area contributed by atoms with E-state index in [0.29, 0.717) is 0 Å². The number of benzene rings is 2. The maximum absolute atomic E-state index is 6.31. The summed E-state index contributed by atoms with van der Waals surface area (Å²) in [5.41, 5.74) is 2.36. The molecule has 21 heavy (non-hydrogen) atoms. The summed E-state index contributed by atoms with van der Waals surface area (Å²) < 4.78 is 0. The number of nitrogens with zero attached hydrogens (tertiary/aromatic N) is 1. The standard InChI is InChI=1S/C17H20Cl2N2/c1-21(2)17(15-5-3-4-6-16(15)19)12-20-11-13-7-9-14(18)10-8-13/h3-10,17,20H,11-12H2,1-2H3. The molecule has 2 aromatic carbocycles. The minimum atomic E-state index is 0.242. The third kappa shape index (κ3) is 4.72. The minimum Gasteiger partial charge on any atom is -0.311 e. The van der Waals surface area contributed by atoms with Crippen molar-refractivity contribution in [3.05, 3.63) is 69.7 Å². The van der Waals surface area contributed by atoms with Gasteiger partial charge in [0.2, 0.25) is 0 Å². The maximum atomic E-state index is 6.31. The summed E-state index contributed by atoms with van der Waals surface area (Å²) in [5, 5.41) is 5.06. The zero-order valence-electron chi connectivity index (χ0n) is 12.3. The molecule has 0 aliphatic rings. The lowest BCUT2D eigenvalue weighted by Crippen LogP contribution is -2.31. The minimum absolute atomic E-state index is 0.242. The van der Waals surface area contributed by atoms with Gasteiger partial charge in [0.25, 0.3) is 0 Å². The van der Waals surface area contributed by atoms with E-state index >= 15 is 0 Å². The van der Waals surface area contributed by atoms with Crippen molar-refractivity contribution in [2.24, 2.45) is 0 Å². The lowest BCUT2D eigenvalue weighted by atomic mass is 10.1. The predicted octanol–water partition coefficient (Wildman–Crippen LogP) is 4.39. The highest BCUT2D eigenvalue weighted by Crippen LogP contribution is 2.25. The summed E-state index contributed by atoms with van der Waals surface area (Å²) >= 11 is 12.2. The molecule has 0 amide bonds. The molecule has 1 unspecified atom stereocenters. The molecule has 0 heterocycles. The van der Waals surface area contributed by atoms with Crippen molar-refractivity contribution in [3.8, 4) is 0 Å². The molecule has 0 radical (unpaired) electrons. The first-order valence-electron chi connectivity index (χ1n) is 6.94. The zero-order chi connectivity index (χ0) is 15.2. The number of nitrogens with one attached hydrogen (secondary N) is 1. The Labute approximate surface area is 136 Å². The first kappa shape index (κ1) is 16.3. The molecular weight excluding hydrogens is 303 g/mol. The number of halogens is 2. The van der Waals surface area contributed by atoms with Crippen LogP contribution in [0.25, 0.3) is 0 Å². The van der Waals surface area contributed by atoms with Gasteiger partial charge < -0.3 is 10.2 Å². The fraction of sp³-hybridized carbons (Fsp3) is 0.294. The molecule has 0 saturated heterocycles. The third-order valence-corrected chi connectivity index (χ3v) is 4.06. The second kappa shape index (κ2) is 7.81. The van der Waals surface area contributed by atoms with E-state index in [1.165, 1.54) is 5.56 Å². The smallest absolute Gasteiger partial charge is 0.0481 e. The Morgan fingerprint density at radius 2 is 1.67 bits per heavy atom. The van der Waals surface area contributed by atoms with Crippen LogP contribution in [0.2, 0.25) is 10.0 Å². The Morgan fingerprint density at radius 1 is 1.00 bits per heavy atom. The first-order chi connectivity index (χ1) is 10.1. The summed E-state index contributed by atoms with van der Waals surface area (Å²) in [7, 11) is 4.13. The van der Waals surface area contributed by atoms with Crippen molar-refractivity contribution in [2.75, 3.05) is 20.6 Å². The summed E-state index contributed by atoms with van der Waals surface area (Å²) in [4.78, 5) is 2.18. The molecule has 0 bridgehead atoms. The summed E-state index contributed by atoms with van der Waals surface area (Å²) in [6, 6.07) is 16.1. The fourth-order valence-electron chi connectivity index (χ4n) is 2.27. The third-order valence-electron chi connectivity index (χ3n) is 3.47. The van der Waals surface area contributed by atoms with Crippen molar-refractivity contribution >= 4 is 23.2 Å². The highest BCUT2D eigenvalue weighted by molar-refractivity contribution is 6.31. The van der Waals surface area contributed by atoms with Gasteiger partial charge in [0, 0.05) is 29.2 Å². The Hall–Kier alpha value is -1.06. The van der Waals surface area contributed by atoms with E-state index in [0.717, 1.165) is 28.7 Å². The quantitative estimate of drug-likeness (QED) is 0.848. The molecule has 0 saturated carbocycles. The molecule has 0 aliphatic heterocycles. The van der Waals surface area contributed by atoms with Crippen molar-refractivity contribution in [1.29, 1.82) is 0 Å². The van der Waals surface area contributed by atoms with E-state index < -0.39 is 0 Å². The molecule has 2 aromatic rings. The number of hydrogen-bond acceptors (Lipinski definition) is 2. The predicted molar refractivity (Wildman–Crippen MR) is 91.0 cm³/mol. The molecule has 0 aliphatic carbocycles. The Bertz CT molecular complexity index is 567. The average Bonchev–Trinajstić information content (AvgIpc) is 2.46. The van der Waals surface area contributed by atoms with Crippen molar-refractivity contribution in [3.63, 3.8) is 0 Å². The molecule has 112 valence electrons. The van der Waals surface area contributed by atoms with Gasteiger partial charge in [0.05, 0.1) is 0 Å². The number of rotatable bonds is 6. The van der Waals surface area contributed by atoms with Gasteiger partial charge in [-0.1, -0.05) is 53.5 Å². The lowest BCUT2D eigenvalue weighted by Gasteiger charge is -2.26.